The second-order valence-electron chi connectivity index (χ2n) is 8.07. The molecule has 0 fully saturated rings. The van der Waals surface area contributed by atoms with Crippen LogP contribution in [-0.2, 0) is 0 Å². The number of rotatable bonds is 5. The highest BCUT2D eigenvalue weighted by atomic mass is 16.1. The molecule has 7 heteroatoms. The number of nitrogens with zero attached hydrogens (tertiary/aromatic N) is 5. The van der Waals surface area contributed by atoms with Crippen molar-refractivity contribution in [1.82, 2.24) is 19.4 Å². The van der Waals surface area contributed by atoms with Crippen LogP contribution in [0.3, 0.4) is 0 Å². The van der Waals surface area contributed by atoms with E-state index in [1.165, 1.54) is 0 Å². The summed E-state index contributed by atoms with van der Waals surface area (Å²) in [6.45, 7) is 1.86. The number of pyridine rings is 1. The van der Waals surface area contributed by atoms with E-state index in [4.69, 9.17) is 4.99 Å². The Morgan fingerprint density at radius 3 is 2.61 bits per heavy atom. The Balaban J connectivity index is 1.58. The lowest BCUT2D eigenvalue weighted by Crippen LogP contribution is -2.28. The predicted octanol–water partition coefficient (Wildman–Crippen LogP) is 3.44. The zero-order valence-electron chi connectivity index (χ0n) is 17.8. The molecule has 0 radical (unpaired) electrons. The molecule has 0 amide bonds. The Hall–Kier alpha value is -3.71. The number of hydrogen-bond donors (Lipinski definition) is 1. The van der Waals surface area contributed by atoms with Crippen molar-refractivity contribution in [3.8, 4) is 16.8 Å². The standard InChI is InChI=1S/C24H24N6O/c1-28(2)12-13-29(3)21-11-10-16(14-25-21)18-7-5-9-20-22(18)26-15-17-6-4-8-19-23(17)30(20)24(31)27-19/h4-11,14-15H,12-13H2,1-3H3,(H,27,31). The molecule has 2 aromatic heterocycles. The number of fused-ring (bicyclic) bond motifs is 2. The molecular formula is C24H24N6O. The third kappa shape index (κ3) is 3.33. The first-order valence-corrected chi connectivity index (χ1v) is 10.3. The Morgan fingerprint density at radius 1 is 1.00 bits per heavy atom. The van der Waals surface area contributed by atoms with Crippen LogP contribution in [0.1, 0.15) is 5.56 Å². The van der Waals surface area contributed by atoms with E-state index >= 15 is 0 Å². The lowest BCUT2D eigenvalue weighted by Gasteiger charge is -2.20. The number of nitrogens with one attached hydrogen (secondary N) is 1. The molecule has 0 spiro atoms. The highest BCUT2D eigenvalue weighted by Gasteiger charge is 2.20. The number of likely N-dealkylation sites (N-methyl/N-ethyl adjacent to an activating group) is 2. The second kappa shape index (κ2) is 7.52. The molecule has 4 aromatic rings. The first-order valence-electron chi connectivity index (χ1n) is 10.3. The van der Waals surface area contributed by atoms with Crippen LogP contribution in [0.25, 0.3) is 27.8 Å². The van der Waals surface area contributed by atoms with Crippen LogP contribution in [0.4, 0.5) is 11.5 Å². The van der Waals surface area contributed by atoms with E-state index in [1.807, 2.05) is 61.9 Å². The second-order valence-corrected chi connectivity index (χ2v) is 8.07. The van der Waals surface area contributed by atoms with Gasteiger partial charge in [-0.05, 0) is 38.4 Å². The fourth-order valence-corrected chi connectivity index (χ4v) is 3.97. The topological polar surface area (TPSA) is 69.5 Å². The van der Waals surface area contributed by atoms with Gasteiger partial charge in [0.05, 0.1) is 22.4 Å². The maximum absolute atomic E-state index is 12.8. The summed E-state index contributed by atoms with van der Waals surface area (Å²) in [5.74, 6) is 0.923. The maximum atomic E-state index is 12.8. The van der Waals surface area contributed by atoms with E-state index in [2.05, 4.69) is 39.9 Å². The van der Waals surface area contributed by atoms with E-state index in [1.54, 1.807) is 4.57 Å². The van der Waals surface area contributed by atoms with Crippen molar-refractivity contribution in [3.63, 3.8) is 0 Å². The molecule has 2 aromatic carbocycles. The molecule has 1 aliphatic rings. The number of aromatic nitrogens is 3. The summed E-state index contributed by atoms with van der Waals surface area (Å²) in [6, 6.07) is 15.8. The molecule has 0 unspecified atom stereocenters. The van der Waals surface area contributed by atoms with Gasteiger partial charge >= 0.3 is 5.69 Å². The Bertz CT molecular complexity index is 1350. The van der Waals surface area contributed by atoms with Crippen LogP contribution in [-0.4, -0.2) is 59.9 Å². The normalized spacial score (nSPS) is 12.3. The minimum atomic E-state index is -0.165. The van der Waals surface area contributed by atoms with Crippen molar-refractivity contribution in [2.75, 3.05) is 39.1 Å². The molecule has 156 valence electrons. The number of aromatic amines is 1. The van der Waals surface area contributed by atoms with Gasteiger partial charge in [-0.25, -0.2) is 9.78 Å². The summed E-state index contributed by atoms with van der Waals surface area (Å²) in [5, 5.41) is 0. The molecule has 0 saturated heterocycles. The van der Waals surface area contributed by atoms with E-state index in [0.717, 1.165) is 58.0 Å². The zero-order valence-corrected chi connectivity index (χ0v) is 17.8. The largest absolute Gasteiger partial charge is 0.358 e. The average Bonchev–Trinajstić information content (AvgIpc) is 3.01. The highest BCUT2D eigenvalue weighted by molar-refractivity contribution is 6.02. The van der Waals surface area contributed by atoms with Gasteiger partial charge in [-0.15, -0.1) is 0 Å². The molecule has 1 aliphatic heterocycles. The SMILES string of the molecule is CN(C)CCN(C)c1ccc(-c2cccc3c2N=Cc2cccc4[nH]c(=O)n-3c24)cn1. The zero-order chi connectivity index (χ0) is 21.5. The van der Waals surface area contributed by atoms with Crippen LogP contribution in [0.2, 0.25) is 0 Å². The predicted molar refractivity (Wildman–Crippen MR) is 126 cm³/mol. The molecule has 31 heavy (non-hydrogen) atoms. The maximum Gasteiger partial charge on any atom is 0.331 e. The third-order valence-electron chi connectivity index (χ3n) is 5.66. The van der Waals surface area contributed by atoms with Crippen molar-refractivity contribution in [3.05, 3.63) is 70.8 Å². The smallest absolute Gasteiger partial charge is 0.331 e. The minimum absolute atomic E-state index is 0.165. The Morgan fingerprint density at radius 2 is 1.84 bits per heavy atom. The molecule has 0 saturated carbocycles. The molecule has 5 rings (SSSR count). The van der Waals surface area contributed by atoms with Gasteiger partial charge < -0.3 is 14.8 Å². The Kier molecular flexibility index (Phi) is 4.67. The van der Waals surface area contributed by atoms with Crippen LogP contribution < -0.4 is 10.6 Å². The molecule has 0 atom stereocenters. The van der Waals surface area contributed by atoms with E-state index < -0.39 is 0 Å². The minimum Gasteiger partial charge on any atom is -0.358 e. The van der Waals surface area contributed by atoms with E-state index in [0.29, 0.717) is 0 Å². The number of hydrogen-bond acceptors (Lipinski definition) is 5. The van der Waals surface area contributed by atoms with E-state index in [-0.39, 0.29) is 5.69 Å². The van der Waals surface area contributed by atoms with Crippen molar-refractivity contribution in [2.45, 2.75) is 0 Å². The van der Waals surface area contributed by atoms with E-state index in [9.17, 15) is 4.79 Å². The quantitative estimate of drug-likeness (QED) is 0.480. The third-order valence-corrected chi connectivity index (χ3v) is 5.66. The van der Waals surface area contributed by atoms with Gasteiger partial charge in [0.25, 0.3) is 0 Å². The van der Waals surface area contributed by atoms with Gasteiger partial charge in [0.1, 0.15) is 5.82 Å². The number of anilines is 1. The van der Waals surface area contributed by atoms with Gasteiger partial charge in [-0.1, -0.05) is 24.3 Å². The van der Waals surface area contributed by atoms with Crippen LogP contribution in [0, 0.1) is 0 Å². The van der Waals surface area contributed by atoms with Crippen molar-refractivity contribution in [1.29, 1.82) is 0 Å². The number of para-hydroxylation sites is 2. The van der Waals surface area contributed by atoms with Crippen LogP contribution in [0.5, 0.6) is 0 Å². The lowest BCUT2D eigenvalue weighted by atomic mass is 10.0. The highest BCUT2D eigenvalue weighted by Crippen LogP contribution is 2.38. The molecular weight excluding hydrogens is 388 g/mol. The number of aliphatic imine (C=N–C) groups is 1. The summed E-state index contributed by atoms with van der Waals surface area (Å²) in [7, 11) is 6.17. The van der Waals surface area contributed by atoms with Gasteiger partial charge in [0.2, 0.25) is 0 Å². The van der Waals surface area contributed by atoms with Gasteiger partial charge in [-0.2, -0.15) is 0 Å². The van der Waals surface area contributed by atoms with Crippen molar-refractivity contribution >= 4 is 28.8 Å². The summed E-state index contributed by atoms with van der Waals surface area (Å²) in [4.78, 5) is 29.5. The molecule has 7 nitrogen and oxygen atoms in total. The lowest BCUT2D eigenvalue weighted by molar-refractivity contribution is 0.416. The van der Waals surface area contributed by atoms with Gasteiger partial charge in [0.15, 0.2) is 0 Å². The fourth-order valence-electron chi connectivity index (χ4n) is 3.97. The summed E-state index contributed by atoms with van der Waals surface area (Å²) >= 11 is 0. The number of imidazole rings is 1. The van der Waals surface area contributed by atoms with Crippen LogP contribution >= 0.6 is 0 Å². The Labute approximate surface area is 180 Å². The van der Waals surface area contributed by atoms with Gasteiger partial charge in [0, 0.05) is 49.2 Å². The van der Waals surface area contributed by atoms with Crippen LogP contribution in [0.15, 0.2) is 64.5 Å². The van der Waals surface area contributed by atoms with Crippen molar-refractivity contribution < 1.29 is 0 Å². The molecule has 0 bridgehead atoms. The first-order chi connectivity index (χ1) is 15.0. The summed E-state index contributed by atoms with van der Waals surface area (Å²) < 4.78 is 1.72. The summed E-state index contributed by atoms with van der Waals surface area (Å²) in [5.41, 5.74) is 5.83. The first kappa shape index (κ1) is 19.3. The fraction of sp³-hybridized carbons (Fsp3) is 0.208. The molecule has 0 aliphatic carbocycles. The average molecular weight is 412 g/mol. The molecule has 3 heterocycles. The monoisotopic (exact) mass is 412 g/mol. The number of H-pyrrole nitrogens is 1. The summed E-state index contributed by atoms with van der Waals surface area (Å²) in [6.07, 6.45) is 3.71. The number of benzene rings is 2. The van der Waals surface area contributed by atoms with Gasteiger partial charge in [-0.3, -0.25) is 9.56 Å². The molecule has 1 N–H and O–H groups in total. The van der Waals surface area contributed by atoms with Crippen molar-refractivity contribution in [2.24, 2.45) is 4.99 Å².